The maximum Gasteiger partial charge on any atom is 0.254 e. The highest BCUT2D eigenvalue weighted by molar-refractivity contribution is 7.98. The number of halogens is 1. The third-order valence-corrected chi connectivity index (χ3v) is 6.61. The van der Waals surface area contributed by atoms with Crippen LogP contribution in [0.2, 0.25) is 5.02 Å². The molecule has 0 saturated carbocycles. The summed E-state index contributed by atoms with van der Waals surface area (Å²) >= 11 is 7.61. The number of nitrogens with one attached hydrogen (secondary N) is 2. The topological polar surface area (TPSA) is 95.6 Å². The molecule has 0 aliphatic heterocycles. The number of amides is 2. The molecule has 2 aromatic rings. The predicted octanol–water partition coefficient (Wildman–Crippen LogP) is 3.08. The van der Waals surface area contributed by atoms with Crippen LogP contribution in [0.4, 0.5) is 5.69 Å². The summed E-state index contributed by atoms with van der Waals surface area (Å²) in [5, 5.41) is 2.94. The molecule has 0 spiro atoms. The van der Waals surface area contributed by atoms with E-state index in [0.717, 1.165) is 0 Å². The highest BCUT2D eigenvalue weighted by Gasteiger charge is 2.26. The summed E-state index contributed by atoms with van der Waals surface area (Å²) in [6, 6.07) is 11.4. The van der Waals surface area contributed by atoms with Crippen molar-refractivity contribution in [2.75, 3.05) is 31.4 Å². The molecule has 7 nitrogen and oxygen atoms in total. The van der Waals surface area contributed by atoms with Crippen LogP contribution in [-0.2, 0) is 14.8 Å². The smallest absolute Gasteiger partial charge is 0.254 e. The van der Waals surface area contributed by atoms with Crippen molar-refractivity contribution in [1.29, 1.82) is 0 Å². The van der Waals surface area contributed by atoms with Gasteiger partial charge in [-0.15, -0.1) is 0 Å². The Morgan fingerprint density at radius 2 is 1.80 bits per heavy atom. The first-order chi connectivity index (χ1) is 14.2. The zero-order chi connectivity index (χ0) is 22.3. The fourth-order valence-electron chi connectivity index (χ4n) is 2.57. The van der Waals surface area contributed by atoms with Crippen LogP contribution in [0.3, 0.4) is 0 Å². The Kier molecular flexibility index (Phi) is 8.72. The molecule has 1 unspecified atom stereocenters. The second-order valence-corrected chi connectivity index (χ2v) is 9.76. The number of benzene rings is 2. The summed E-state index contributed by atoms with van der Waals surface area (Å²) in [4.78, 5) is 26.6. The van der Waals surface area contributed by atoms with Gasteiger partial charge < -0.3 is 10.2 Å². The largest absolute Gasteiger partial charge is 0.345 e. The van der Waals surface area contributed by atoms with Gasteiger partial charge in [0.05, 0.1) is 15.5 Å². The molecular formula is C20H24ClN3O4S2. The zero-order valence-electron chi connectivity index (χ0n) is 16.9. The van der Waals surface area contributed by atoms with Gasteiger partial charge in [0.25, 0.3) is 5.91 Å². The van der Waals surface area contributed by atoms with Gasteiger partial charge in [0.2, 0.25) is 15.9 Å². The van der Waals surface area contributed by atoms with Gasteiger partial charge in [-0.05, 0) is 48.8 Å². The lowest BCUT2D eigenvalue weighted by Crippen LogP contribution is -2.44. The fraction of sp³-hybridized carbons (Fsp3) is 0.300. The molecule has 0 aliphatic carbocycles. The molecule has 2 rings (SSSR count). The number of hydrogen-bond donors (Lipinski definition) is 2. The van der Waals surface area contributed by atoms with E-state index < -0.39 is 22.0 Å². The highest BCUT2D eigenvalue weighted by Crippen LogP contribution is 2.22. The Hall–Kier alpha value is -2.07. The van der Waals surface area contributed by atoms with Crippen LogP contribution in [0.1, 0.15) is 16.8 Å². The molecule has 162 valence electrons. The van der Waals surface area contributed by atoms with Crippen molar-refractivity contribution in [2.24, 2.45) is 0 Å². The molecule has 0 bridgehead atoms. The van der Waals surface area contributed by atoms with Crippen molar-refractivity contribution in [3.63, 3.8) is 0 Å². The van der Waals surface area contributed by atoms with E-state index in [0.29, 0.717) is 17.9 Å². The lowest BCUT2D eigenvalue weighted by atomic mass is 10.1. The summed E-state index contributed by atoms with van der Waals surface area (Å²) in [5.41, 5.74) is 0.590. The van der Waals surface area contributed by atoms with Crippen molar-refractivity contribution in [3.8, 4) is 0 Å². The minimum Gasteiger partial charge on any atom is -0.345 e. The minimum atomic E-state index is -3.87. The Labute approximate surface area is 186 Å². The van der Waals surface area contributed by atoms with E-state index in [9.17, 15) is 18.0 Å². The molecule has 0 aliphatic rings. The third-order valence-electron chi connectivity index (χ3n) is 4.15. The molecule has 0 aromatic heterocycles. The molecule has 0 saturated heterocycles. The van der Waals surface area contributed by atoms with Gasteiger partial charge in [-0.2, -0.15) is 16.5 Å². The second kappa shape index (κ2) is 10.8. The first-order valence-corrected chi connectivity index (χ1v) is 12.3. The number of thioether (sulfide) groups is 1. The number of sulfonamides is 1. The van der Waals surface area contributed by atoms with E-state index in [4.69, 9.17) is 11.6 Å². The summed E-state index contributed by atoms with van der Waals surface area (Å²) in [7, 11) is -0.673. The standard InChI is InChI=1S/C20H24ClN3O4S2/c1-24(2)20(26)16-13-14(9-10-17(16)21)22-19(25)18(11-12-29-3)23-30(27,28)15-7-5-4-6-8-15/h4-10,13,18,23H,11-12H2,1-3H3,(H,22,25). The van der Waals surface area contributed by atoms with Crippen LogP contribution in [0.25, 0.3) is 0 Å². The SMILES string of the molecule is CSCCC(NS(=O)(=O)c1ccccc1)C(=O)Nc1ccc(Cl)c(C(=O)N(C)C)c1. The predicted molar refractivity (Wildman–Crippen MR) is 122 cm³/mol. The van der Waals surface area contributed by atoms with E-state index in [-0.39, 0.29) is 21.4 Å². The average Bonchev–Trinajstić information content (AvgIpc) is 2.72. The van der Waals surface area contributed by atoms with Gasteiger partial charge in [-0.25, -0.2) is 8.42 Å². The molecule has 2 amide bonds. The van der Waals surface area contributed by atoms with Crippen molar-refractivity contribution < 1.29 is 18.0 Å². The van der Waals surface area contributed by atoms with Gasteiger partial charge in [0, 0.05) is 19.8 Å². The Bertz CT molecular complexity index is 998. The first-order valence-electron chi connectivity index (χ1n) is 9.04. The Morgan fingerprint density at radius 1 is 1.13 bits per heavy atom. The fourth-order valence-corrected chi connectivity index (χ4v) is 4.49. The number of rotatable bonds is 9. The van der Waals surface area contributed by atoms with Crippen LogP contribution >= 0.6 is 23.4 Å². The molecule has 1 atom stereocenters. The van der Waals surface area contributed by atoms with Gasteiger partial charge >= 0.3 is 0 Å². The molecule has 10 heteroatoms. The van der Waals surface area contributed by atoms with Crippen LogP contribution in [0, 0.1) is 0 Å². The van der Waals surface area contributed by atoms with Crippen LogP contribution < -0.4 is 10.0 Å². The molecule has 0 radical (unpaired) electrons. The van der Waals surface area contributed by atoms with Crippen molar-refractivity contribution in [3.05, 3.63) is 59.1 Å². The normalized spacial score (nSPS) is 12.3. The van der Waals surface area contributed by atoms with E-state index in [1.165, 1.54) is 40.9 Å². The number of carbonyl (C=O) groups is 2. The molecule has 30 heavy (non-hydrogen) atoms. The maximum atomic E-state index is 12.9. The monoisotopic (exact) mass is 469 g/mol. The van der Waals surface area contributed by atoms with E-state index in [1.54, 1.807) is 38.4 Å². The van der Waals surface area contributed by atoms with Crippen molar-refractivity contribution in [1.82, 2.24) is 9.62 Å². The summed E-state index contributed by atoms with van der Waals surface area (Å²) in [6.45, 7) is 0. The summed E-state index contributed by atoms with van der Waals surface area (Å²) in [6.07, 6.45) is 2.18. The Balaban J connectivity index is 2.24. The molecule has 2 N–H and O–H groups in total. The van der Waals surface area contributed by atoms with Crippen LogP contribution in [0.15, 0.2) is 53.4 Å². The van der Waals surface area contributed by atoms with Gasteiger partial charge in [-0.3, -0.25) is 9.59 Å². The first kappa shape index (κ1) is 24.2. The van der Waals surface area contributed by atoms with Crippen LogP contribution in [0.5, 0.6) is 0 Å². The number of hydrogen-bond acceptors (Lipinski definition) is 5. The summed E-state index contributed by atoms with van der Waals surface area (Å²) < 4.78 is 27.8. The third kappa shape index (κ3) is 6.46. The second-order valence-electron chi connectivity index (χ2n) is 6.65. The van der Waals surface area contributed by atoms with Crippen LogP contribution in [-0.4, -0.2) is 57.3 Å². The van der Waals surface area contributed by atoms with Gasteiger partial charge in [0.15, 0.2) is 0 Å². The zero-order valence-corrected chi connectivity index (χ0v) is 19.3. The van der Waals surface area contributed by atoms with Gasteiger partial charge in [-0.1, -0.05) is 29.8 Å². The minimum absolute atomic E-state index is 0.0808. The Morgan fingerprint density at radius 3 is 2.40 bits per heavy atom. The van der Waals surface area contributed by atoms with E-state index >= 15 is 0 Å². The average molecular weight is 470 g/mol. The molecule has 2 aromatic carbocycles. The molecule has 0 fully saturated rings. The van der Waals surface area contributed by atoms with Gasteiger partial charge in [0.1, 0.15) is 6.04 Å². The number of carbonyl (C=O) groups excluding carboxylic acids is 2. The lowest BCUT2D eigenvalue weighted by Gasteiger charge is -2.19. The quantitative estimate of drug-likeness (QED) is 0.588. The maximum absolute atomic E-state index is 12.9. The summed E-state index contributed by atoms with van der Waals surface area (Å²) in [5.74, 6) is -0.241. The molecular weight excluding hydrogens is 446 g/mol. The van der Waals surface area contributed by atoms with E-state index in [1.807, 2.05) is 6.26 Å². The van der Waals surface area contributed by atoms with Crippen molar-refractivity contribution >= 4 is 50.9 Å². The lowest BCUT2D eigenvalue weighted by molar-refractivity contribution is -0.117. The highest BCUT2D eigenvalue weighted by atomic mass is 35.5. The van der Waals surface area contributed by atoms with E-state index in [2.05, 4.69) is 10.0 Å². The number of nitrogens with zero attached hydrogens (tertiary/aromatic N) is 1. The van der Waals surface area contributed by atoms with Crippen molar-refractivity contribution in [2.45, 2.75) is 17.4 Å². The number of anilines is 1. The molecule has 0 heterocycles.